The van der Waals surface area contributed by atoms with Gasteiger partial charge in [0.1, 0.15) is 23.7 Å². The van der Waals surface area contributed by atoms with E-state index in [0.717, 1.165) is 12.8 Å². The number of aliphatic carboxylic acids is 1. The van der Waals surface area contributed by atoms with Crippen molar-refractivity contribution in [2.75, 3.05) is 13.6 Å². The normalized spacial score (nSPS) is 18.0. The summed E-state index contributed by atoms with van der Waals surface area (Å²) in [6.45, 7) is 7.22. The average Bonchev–Trinajstić information content (AvgIpc) is 3.26. The van der Waals surface area contributed by atoms with Gasteiger partial charge >= 0.3 is 12.1 Å². The predicted molar refractivity (Wildman–Crippen MR) is 138 cm³/mol. The molecule has 1 aliphatic rings. The Balaban J connectivity index is 1.67. The van der Waals surface area contributed by atoms with Crippen LogP contribution in [0.5, 0.6) is 5.75 Å². The molecule has 2 aromatic heterocycles. The Kier molecular flexibility index (Phi) is 9.47. The highest BCUT2D eigenvalue weighted by Crippen LogP contribution is 2.30. The lowest BCUT2D eigenvalue weighted by Crippen LogP contribution is -2.29. The molecular weight excluding hydrogens is 478 g/mol. The smallest absolute Gasteiger partial charge is 0.410 e. The third-order valence-corrected chi connectivity index (χ3v) is 6.11. The van der Waals surface area contributed by atoms with E-state index in [9.17, 15) is 14.7 Å². The number of hydrogen-bond donors (Lipinski definition) is 1. The van der Waals surface area contributed by atoms with E-state index < -0.39 is 12.1 Å². The van der Waals surface area contributed by atoms with Crippen LogP contribution >= 0.6 is 0 Å². The molecule has 2 aromatic rings. The number of aryl methyl sites for hydroxylation is 2. The fraction of sp³-hybridized carbons (Fsp3) is 0.480. The topological polar surface area (TPSA) is 144 Å². The highest BCUT2D eigenvalue weighted by atomic mass is 16.6. The summed E-state index contributed by atoms with van der Waals surface area (Å²) >= 11 is 0. The van der Waals surface area contributed by atoms with Gasteiger partial charge in [0.25, 0.3) is 0 Å². The van der Waals surface area contributed by atoms with E-state index in [0.29, 0.717) is 47.1 Å². The number of amides is 1. The SMILES string of the molecule is C=N/C(=C\N=CC)CN(C)C(=O)OCc1c(-c2ccc(O[C@H]3CCC[C@H](C(=O)O)C3)c(C)n2)nnn1C. The molecular formula is C25H33N7O5. The van der Waals surface area contributed by atoms with Crippen molar-refractivity contribution in [1.82, 2.24) is 24.9 Å². The maximum atomic E-state index is 12.5. The minimum absolute atomic E-state index is 0.0622. The molecule has 1 saturated carbocycles. The maximum absolute atomic E-state index is 12.5. The van der Waals surface area contributed by atoms with Gasteiger partial charge in [-0.3, -0.25) is 14.8 Å². The lowest BCUT2D eigenvalue weighted by molar-refractivity contribution is -0.143. The first-order valence-corrected chi connectivity index (χ1v) is 12.0. The molecule has 3 rings (SSSR count). The molecule has 12 heteroatoms. The first-order valence-electron chi connectivity index (χ1n) is 12.0. The number of likely N-dealkylation sites (N-methyl/N-ethyl adjacent to an activating group) is 1. The van der Waals surface area contributed by atoms with Gasteiger partial charge in [-0.1, -0.05) is 5.21 Å². The molecule has 0 saturated heterocycles. The number of carbonyl (C=O) groups is 2. The Morgan fingerprint density at radius 3 is 2.81 bits per heavy atom. The number of aromatic nitrogens is 4. The Morgan fingerprint density at radius 1 is 1.35 bits per heavy atom. The quantitative estimate of drug-likeness (QED) is 0.478. The fourth-order valence-electron chi connectivity index (χ4n) is 4.04. The molecule has 0 unspecified atom stereocenters. The van der Waals surface area contributed by atoms with Crippen LogP contribution in [0.1, 0.15) is 44.0 Å². The molecule has 0 radical (unpaired) electrons. The number of ether oxygens (including phenoxy) is 2. The molecule has 37 heavy (non-hydrogen) atoms. The number of carboxylic acid groups (broad SMARTS) is 1. The third kappa shape index (κ3) is 7.21. The monoisotopic (exact) mass is 511 g/mol. The second-order valence-electron chi connectivity index (χ2n) is 8.83. The standard InChI is InChI=1S/C25H33N7O5/c1-6-27-13-18(26-3)14-31(4)25(35)36-15-21-23(29-30-32(21)5)20-10-11-22(16(2)28-20)37-19-9-7-8-17(12-19)24(33)34/h6,10-11,13,17,19H,3,7-9,12,14-15H2,1-2,4-5H3,(H,33,34)/b18-13-,27-6?/t17-,19-/m0/s1. The molecule has 12 nitrogen and oxygen atoms in total. The zero-order valence-electron chi connectivity index (χ0n) is 21.6. The van der Waals surface area contributed by atoms with Crippen molar-refractivity contribution in [2.45, 2.75) is 52.2 Å². The number of carbonyl (C=O) groups excluding carboxylic acids is 1. The highest BCUT2D eigenvalue weighted by molar-refractivity contribution is 5.70. The summed E-state index contributed by atoms with van der Waals surface area (Å²) in [4.78, 5) is 37.7. The van der Waals surface area contributed by atoms with Crippen LogP contribution in [0.15, 0.2) is 34.0 Å². The van der Waals surface area contributed by atoms with Gasteiger partial charge in [-0.15, -0.1) is 5.10 Å². The van der Waals surface area contributed by atoms with Crippen molar-refractivity contribution < 1.29 is 24.2 Å². The van der Waals surface area contributed by atoms with Gasteiger partial charge in [-0.2, -0.15) is 0 Å². The largest absolute Gasteiger partial charge is 0.489 e. The lowest BCUT2D eigenvalue weighted by Gasteiger charge is -2.27. The molecule has 2 heterocycles. The molecule has 0 aliphatic heterocycles. The van der Waals surface area contributed by atoms with Gasteiger partial charge in [0.15, 0.2) is 0 Å². The molecule has 0 spiro atoms. The maximum Gasteiger partial charge on any atom is 0.410 e. The predicted octanol–water partition coefficient (Wildman–Crippen LogP) is 3.41. The summed E-state index contributed by atoms with van der Waals surface area (Å²) in [5.74, 6) is -0.554. The van der Waals surface area contributed by atoms with Crippen molar-refractivity contribution in [3.8, 4) is 17.1 Å². The van der Waals surface area contributed by atoms with Crippen LogP contribution in [0, 0.1) is 12.8 Å². The van der Waals surface area contributed by atoms with E-state index >= 15 is 0 Å². The minimum atomic E-state index is -0.777. The van der Waals surface area contributed by atoms with Crippen LogP contribution in [0.2, 0.25) is 0 Å². The summed E-state index contributed by atoms with van der Waals surface area (Å²) in [5.41, 5.74) is 2.79. The first-order chi connectivity index (χ1) is 17.7. The van der Waals surface area contributed by atoms with Gasteiger partial charge in [0.05, 0.1) is 35.7 Å². The summed E-state index contributed by atoms with van der Waals surface area (Å²) in [6, 6.07) is 3.57. The summed E-state index contributed by atoms with van der Waals surface area (Å²) in [6.07, 6.45) is 5.21. The van der Waals surface area contributed by atoms with Crippen molar-refractivity contribution in [3.63, 3.8) is 0 Å². The minimum Gasteiger partial charge on any atom is -0.489 e. The number of pyridine rings is 1. The van der Waals surface area contributed by atoms with Gasteiger partial charge in [-0.05, 0) is 58.4 Å². The van der Waals surface area contributed by atoms with Gasteiger partial charge in [0, 0.05) is 26.5 Å². The van der Waals surface area contributed by atoms with Crippen LogP contribution in [0.4, 0.5) is 4.79 Å². The summed E-state index contributed by atoms with van der Waals surface area (Å²) < 4.78 is 13.1. The number of aliphatic imine (C=N–C) groups is 2. The number of rotatable bonds is 10. The molecule has 2 atom stereocenters. The van der Waals surface area contributed by atoms with Crippen molar-refractivity contribution >= 4 is 25.0 Å². The van der Waals surface area contributed by atoms with Gasteiger partial charge in [-0.25, -0.2) is 14.5 Å². The van der Waals surface area contributed by atoms with E-state index in [-0.39, 0.29) is 25.2 Å². The Hall–Kier alpha value is -4.09. The van der Waals surface area contributed by atoms with Gasteiger partial charge < -0.3 is 19.5 Å². The van der Waals surface area contributed by atoms with Gasteiger partial charge in [0.2, 0.25) is 0 Å². The molecule has 1 amide bonds. The molecule has 0 bridgehead atoms. The molecule has 0 aromatic carbocycles. The van der Waals surface area contributed by atoms with E-state index in [2.05, 4.69) is 32.0 Å². The van der Waals surface area contributed by atoms with E-state index in [1.54, 1.807) is 39.4 Å². The van der Waals surface area contributed by atoms with E-state index in [1.165, 1.54) is 15.8 Å². The molecule has 198 valence electrons. The van der Waals surface area contributed by atoms with E-state index in [1.807, 2.05) is 6.92 Å². The average molecular weight is 512 g/mol. The summed E-state index contributed by atoms with van der Waals surface area (Å²) in [5, 5.41) is 17.6. The zero-order valence-corrected chi connectivity index (χ0v) is 21.6. The Morgan fingerprint density at radius 2 is 2.14 bits per heavy atom. The zero-order chi connectivity index (χ0) is 26.9. The van der Waals surface area contributed by atoms with Crippen LogP contribution in [-0.4, -0.2) is 74.7 Å². The highest BCUT2D eigenvalue weighted by Gasteiger charge is 2.28. The summed E-state index contributed by atoms with van der Waals surface area (Å²) in [7, 11) is 3.30. The fourth-order valence-corrected chi connectivity index (χ4v) is 4.04. The van der Waals surface area contributed by atoms with Crippen LogP contribution in [-0.2, 0) is 23.2 Å². The second kappa shape index (κ2) is 12.7. The van der Waals surface area contributed by atoms with Crippen molar-refractivity contribution in [2.24, 2.45) is 23.0 Å². The second-order valence-corrected chi connectivity index (χ2v) is 8.83. The lowest BCUT2D eigenvalue weighted by atomic mass is 9.87. The molecule has 1 N–H and O–H groups in total. The van der Waals surface area contributed by atoms with Crippen molar-refractivity contribution in [1.29, 1.82) is 0 Å². The molecule has 1 fully saturated rings. The van der Waals surface area contributed by atoms with Crippen LogP contribution in [0.25, 0.3) is 11.4 Å². The number of carboxylic acids is 1. The van der Waals surface area contributed by atoms with Crippen LogP contribution < -0.4 is 4.74 Å². The molecule has 1 aliphatic carbocycles. The third-order valence-electron chi connectivity index (χ3n) is 6.11. The number of hydrogen-bond acceptors (Lipinski definition) is 9. The Bertz CT molecular complexity index is 1190. The van der Waals surface area contributed by atoms with Crippen LogP contribution in [0.3, 0.4) is 0 Å². The Labute approximate surface area is 215 Å². The first kappa shape index (κ1) is 27.5. The van der Waals surface area contributed by atoms with E-state index in [4.69, 9.17) is 9.47 Å². The van der Waals surface area contributed by atoms with Crippen molar-refractivity contribution in [3.05, 3.63) is 35.4 Å². The number of nitrogens with zero attached hydrogens (tertiary/aromatic N) is 7.